The summed E-state index contributed by atoms with van der Waals surface area (Å²) in [6.07, 6.45) is 0. The number of nitrogens with two attached hydrogens (primary N) is 1. The van der Waals surface area contributed by atoms with Crippen molar-refractivity contribution in [2.24, 2.45) is 11.7 Å². The Morgan fingerprint density at radius 3 is 2.50 bits per heavy atom. The van der Waals surface area contributed by atoms with Crippen LogP contribution in [0.5, 0.6) is 5.75 Å². The standard InChI is InChI=1S/C16H27N3O/c1-13(14(2)17)12-18-7-9-19(10-8-18)15-5-4-6-16(11-15)20-3/h4-6,11,13-14H,7-10,12,17H2,1-3H3. The van der Waals surface area contributed by atoms with Crippen molar-refractivity contribution in [3.63, 3.8) is 0 Å². The molecule has 1 fully saturated rings. The summed E-state index contributed by atoms with van der Waals surface area (Å²) in [5.74, 6) is 1.48. The summed E-state index contributed by atoms with van der Waals surface area (Å²) in [4.78, 5) is 4.94. The van der Waals surface area contributed by atoms with Gasteiger partial charge in [0.2, 0.25) is 0 Å². The van der Waals surface area contributed by atoms with Crippen LogP contribution in [0, 0.1) is 5.92 Å². The molecule has 0 radical (unpaired) electrons. The van der Waals surface area contributed by atoms with E-state index in [9.17, 15) is 0 Å². The van der Waals surface area contributed by atoms with E-state index in [0.717, 1.165) is 38.5 Å². The van der Waals surface area contributed by atoms with Gasteiger partial charge in [-0.3, -0.25) is 4.90 Å². The lowest BCUT2D eigenvalue weighted by molar-refractivity contribution is 0.214. The fourth-order valence-corrected chi connectivity index (χ4v) is 2.57. The minimum absolute atomic E-state index is 0.270. The van der Waals surface area contributed by atoms with E-state index < -0.39 is 0 Å². The van der Waals surface area contributed by atoms with Crippen molar-refractivity contribution in [3.8, 4) is 5.75 Å². The number of ether oxygens (including phenoxy) is 1. The van der Waals surface area contributed by atoms with Crippen LogP contribution in [0.2, 0.25) is 0 Å². The Hall–Kier alpha value is -1.26. The molecule has 1 aliphatic heterocycles. The Labute approximate surface area is 122 Å². The lowest BCUT2D eigenvalue weighted by atomic mass is 10.0. The maximum atomic E-state index is 5.95. The second-order valence-corrected chi connectivity index (χ2v) is 5.83. The van der Waals surface area contributed by atoms with Crippen molar-refractivity contribution in [2.45, 2.75) is 19.9 Å². The molecule has 0 amide bonds. The van der Waals surface area contributed by atoms with E-state index in [1.165, 1.54) is 5.69 Å². The number of benzene rings is 1. The third-order valence-corrected chi connectivity index (χ3v) is 4.23. The lowest BCUT2D eigenvalue weighted by Crippen LogP contribution is -2.49. The first-order valence-electron chi connectivity index (χ1n) is 7.47. The summed E-state index contributed by atoms with van der Waals surface area (Å²) < 4.78 is 5.29. The number of hydrogen-bond acceptors (Lipinski definition) is 4. The Bertz CT molecular complexity index is 414. The van der Waals surface area contributed by atoms with Gasteiger partial charge in [0.05, 0.1) is 7.11 Å². The van der Waals surface area contributed by atoms with Gasteiger partial charge in [-0.05, 0) is 25.0 Å². The molecular formula is C16H27N3O. The molecule has 1 aromatic carbocycles. The summed E-state index contributed by atoms with van der Waals surface area (Å²) in [6.45, 7) is 9.78. The topological polar surface area (TPSA) is 41.7 Å². The molecule has 2 rings (SSSR count). The normalized spacial score (nSPS) is 19.7. The first-order chi connectivity index (χ1) is 9.60. The van der Waals surface area contributed by atoms with Crippen molar-refractivity contribution in [2.75, 3.05) is 44.7 Å². The number of rotatable bonds is 5. The lowest BCUT2D eigenvalue weighted by Gasteiger charge is -2.37. The highest BCUT2D eigenvalue weighted by molar-refractivity contribution is 5.51. The Kier molecular flexibility index (Phi) is 5.26. The summed E-state index contributed by atoms with van der Waals surface area (Å²) in [5, 5.41) is 0. The van der Waals surface area contributed by atoms with Crippen molar-refractivity contribution >= 4 is 5.69 Å². The van der Waals surface area contributed by atoms with Crippen molar-refractivity contribution in [1.82, 2.24) is 4.90 Å². The van der Waals surface area contributed by atoms with Crippen LogP contribution in [0.1, 0.15) is 13.8 Å². The van der Waals surface area contributed by atoms with E-state index in [1.807, 2.05) is 6.07 Å². The fraction of sp³-hybridized carbons (Fsp3) is 0.625. The Morgan fingerprint density at radius 1 is 1.20 bits per heavy atom. The van der Waals surface area contributed by atoms with Crippen LogP contribution >= 0.6 is 0 Å². The van der Waals surface area contributed by atoms with Crippen LogP contribution in [0.25, 0.3) is 0 Å². The maximum Gasteiger partial charge on any atom is 0.120 e. The quantitative estimate of drug-likeness (QED) is 0.891. The zero-order valence-electron chi connectivity index (χ0n) is 12.9. The van der Waals surface area contributed by atoms with Gasteiger partial charge >= 0.3 is 0 Å². The van der Waals surface area contributed by atoms with Gasteiger partial charge in [-0.25, -0.2) is 0 Å². The molecule has 2 unspecified atom stereocenters. The van der Waals surface area contributed by atoms with Gasteiger partial charge in [0, 0.05) is 50.5 Å². The molecular weight excluding hydrogens is 250 g/mol. The molecule has 0 saturated carbocycles. The first kappa shape index (κ1) is 15.1. The second kappa shape index (κ2) is 6.95. The number of nitrogens with zero attached hydrogens (tertiary/aromatic N) is 2. The predicted octanol–water partition coefficient (Wildman–Crippen LogP) is 1.80. The maximum absolute atomic E-state index is 5.95. The van der Waals surface area contributed by atoms with Crippen LogP contribution in [0.4, 0.5) is 5.69 Å². The molecule has 1 heterocycles. The van der Waals surface area contributed by atoms with Crippen LogP contribution in [0.15, 0.2) is 24.3 Å². The van der Waals surface area contributed by atoms with E-state index in [2.05, 4.69) is 41.8 Å². The number of hydrogen-bond donors (Lipinski definition) is 1. The van der Waals surface area contributed by atoms with Crippen LogP contribution in [-0.4, -0.2) is 50.8 Å². The van der Waals surface area contributed by atoms with Crippen LogP contribution < -0.4 is 15.4 Å². The molecule has 0 aromatic heterocycles. The van der Waals surface area contributed by atoms with Gasteiger partial charge in [0.15, 0.2) is 0 Å². The van der Waals surface area contributed by atoms with Gasteiger partial charge in [0.25, 0.3) is 0 Å². The van der Waals surface area contributed by atoms with E-state index in [1.54, 1.807) is 7.11 Å². The summed E-state index contributed by atoms with van der Waals surface area (Å²) in [6, 6.07) is 8.58. The van der Waals surface area contributed by atoms with Gasteiger partial charge in [-0.1, -0.05) is 13.0 Å². The van der Waals surface area contributed by atoms with E-state index >= 15 is 0 Å². The highest BCUT2D eigenvalue weighted by Gasteiger charge is 2.20. The predicted molar refractivity (Wildman–Crippen MR) is 84.5 cm³/mol. The van der Waals surface area contributed by atoms with Gasteiger partial charge in [-0.15, -0.1) is 0 Å². The number of anilines is 1. The van der Waals surface area contributed by atoms with Crippen LogP contribution in [0.3, 0.4) is 0 Å². The van der Waals surface area contributed by atoms with E-state index in [0.29, 0.717) is 5.92 Å². The molecule has 2 atom stereocenters. The molecule has 0 spiro atoms. The van der Waals surface area contributed by atoms with Crippen LogP contribution in [-0.2, 0) is 0 Å². The first-order valence-corrected chi connectivity index (χ1v) is 7.47. The van der Waals surface area contributed by atoms with E-state index in [4.69, 9.17) is 10.5 Å². The monoisotopic (exact) mass is 277 g/mol. The molecule has 4 heteroatoms. The largest absolute Gasteiger partial charge is 0.497 e. The molecule has 1 aromatic rings. The summed E-state index contributed by atoms with van der Waals surface area (Å²) >= 11 is 0. The molecule has 4 nitrogen and oxygen atoms in total. The van der Waals surface area contributed by atoms with Gasteiger partial charge in [0.1, 0.15) is 5.75 Å². The minimum atomic E-state index is 0.270. The SMILES string of the molecule is COc1cccc(N2CCN(CC(C)C(C)N)CC2)c1. The summed E-state index contributed by atoms with van der Waals surface area (Å²) in [7, 11) is 1.71. The highest BCUT2D eigenvalue weighted by Crippen LogP contribution is 2.22. The van der Waals surface area contributed by atoms with Gasteiger partial charge in [-0.2, -0.15) is 0 Å². The molecule has 1 aliphatic rings. The molecule has 0 aliphatic carbocycles. The molecule has 112 valence electrons. The van der Waals surface area contributed by atoms with E-state index in [-0.39, 0.29) is 6.04 Å². The minimum Gasteiger partial charge on any atom is -0.497 e. The zero-order chi connectivity index (χ0) is 14.5. The number of piperazine rings is 1. The smallest absolute Gasteiger partial charge is 0.120 e. The third kappa shape index (κ3) is 3.87. The molecule has 1 saturated heterocycles. The van der Waals surface area contributed by atoms with Crippen molar-refractivity contribution in [3.05, 3.63) is 24.3 Å². The Balaban J connectivity index is 1.87. The fourth-order valence-electron chi connectivity index (χ4n) is 2.57. The molecule has 20 heavy (non-hydrogen) atoms. The molecule has 0 bridgehead atoms. The average Bonchev–Trinajstić information content (AvgIpc) is 2.48. The second-order valence-electron chi connectivity index (χ2n) is 5.83. The zero-order valence-corrected chi connectivity index (χ0v) is 12.9. The number of methoxy groups -OCH3 is 1. The van der Waals surface area contributed by atoms with Crippen molar-refractivity contribution < 1.29 is 4.74 Å². The highest BCUT2D eigenvalue weighted by atomic mass is 16.5. The average molecular weight is 277 g/mol. The Morgan fingerprint density at radius 2 is 1.90 bits per heavy atom. The third-order valence-electron chi connectivity index (χ3n) is 4.23. The molecule has 2 N–H and O–H groups in total. The summed E-state index contributed by atoms with van der Waals surface area (Å²) in [5.41, 5.74) is 7.21. The van der Waals surface area contributed by atoms with Gasteiger partial charge < -0.3 is 15.4 Å². The van der Waals surface area contributed by atoms with Crippen molar-refractivity contribution in [1.29, 1.82) is 0 Å².